The first-order valence-corrected chi connectivity index (χ1v) is 24.6. The van der Waals surface area contributed by atoms with Crippen molar-refractivity contribution >= 4 is 38.0 Å². The Hall–Kier alpha value is -4.02. The van der Waals surface area contributed by atoms with Crippen LogP contribution in [0.5, 0.6) is 0 Å². The summed E-state index contributed by atoms with van der Waals surface area (Å²) in [6.07, 6.45) is 5.84. The molecule has 1 aromatic rings. The molecule has 19 heteroatoms. The van der Waals surface area contributed by atoms with Crippen LogP contribution in [0.3, 0.4) is 0 Å². The van der Waals surface area contributed by atoms with E-state index in [0.717, 1.165) is 16.5 Å². The lowest BCUT2D eigenvalue weighted by Gasteiger charge is -2.30. The first-order chi connectivity index (χ1) is 30.8. The topological polar surface area (TPSA) is 226 Å². The number of hydrogen-bond donors (Lipinski definition) is 1. The van der Waals surface area contributed by atoms with Crippen molar-refractivity contribution in [3.63, 3.8) is 0 Å². The van der Waals surface area contributed by atoms with E-state index in [0.29, 0.717) is 108 Å². The number of carboxylic acids is 1. The third kappa shape index (κ3) is 16.7. The Balaban J connectivity index is 1.77. The number of rotatable bonds is 29. The van der Waals surface area contributed by atoms with Crippen molar-refractivity contribution in [3.8, 4) is 11.3 Å². The van der Waals surface area contributed by atoms with Gasteiger partial charge in [0.1, 0.15) is 34.9 Å². The summed E-state index contributed by atoms with van der Waals surface area (Å²) in [5, 5.41) is 10.4. The minimum atomic E-state index is -4.86. The maximum atomic E-state index is 12.2. The zero-order valence-electron chi connectivity index (χ0n) is 38.4. The molecule has 1 aliphatic carbocycles. The highest BCUT2D eigenvalue weighted by molar-refractivity contribution is 7.86. The van der Waals surface area contributed by atoms with Crippen LogP contribution in [-0.4, -0.2) is 143 Å². The van der Waals surface area contributed by atoms with Gasteiger partial charge in [0.05, 0.1) is 73.9 Å². The third-order valence-electron chi connectivity index (χ3n) is 10.9. The number of carboxylic acid groups (broad SMARTS) is 1. The molecule has 0 saturated carbocycles. The quantitative estimate of drug-likeness (QED) is 0.0571. The first-order valence-electron chi connectivity index (χ1n) is 21.7. The number of methoxy groups -OCH3 is 2. The van der Waals surface area contributed by atoms with Gasteiger partial charge < -0.3 is 52.0 Å². The Morgan fingerprint density at radius 2 is 1.43 bits per heavy atom. The fraction of sp³-hybridized carbons (Fsp3) is 0.565. The second-order valence-electron chi connectivity index (χ2n) is 16.8. The normalized spacial score (nSPS) is 16.3. The van der Waals surface area contributed by atoms with E-state index in [2.05, 4.69) is 4.58 Å². The van der Waals surface area contributed by atoms with Gasteiger partial charge in [-0.15, -0.1) is 0 Å². The van der Waals surface area contributed by atoms with Gasteiger partial charge in [0.15, 0.2) is 13.1 Å². The van der Waals surface area contributed by atoms with Crippen molar-refractivity contribution in [2.45, 2.75) is 69.1 Å². The molecule has 2 aliphatic heterocycles. The van der Waals surface area contributed by atoms with Crippen molar-refractivity contribution < 1.29 is 68.7 Å². The van der Waals surface area contributed by atoms with Crippen molar-refractivity contribution in [1.29, 1.82) is 0 Å². The molecule has 0 fully saturated rings. The molecule has 0 spiro atoms. The molecule has 17 nitrogen and oxygen atoms in total. The third-order valence-corrected chi connectivity index (χ3v) is 12.5. The lowest BCUT2D eigenvalue weighted by molar-refractivity contribution is -0.137. The minimum absolute atomic E-state index is 0.0386. The standard InChI is InChI=1S/C46H66N2O15S2/c1-45(2,3)43-32-35(38-15-13-36(33-41(38)63-43)47(19-21-59-27-29-61-25-23-57-5)20-22-60-28-30-62-26-24-58-6)10-7-11-42-46(4,17-8-12-44(49)50)39-34-37(65(54,55)56)14-16-40(39)48(42)18-9-31-64(51,52)53/h7,10-11,13-16,32-34H,8-9,12,17-31H2,1-6H3,(H2-,49,50,51,52,53,54,55,56)/p-1. The predicted molar refractivity (Wildman–Crippen MR) is 243 cm³/mol. The number of ether oxygens (including phenoxy) is 6. The maximum Gasteiger partial charge on any atom is 0.303 e. The summed E-state index contributed by atoms with van der Waals surface area (Å²) in [6, 6.07) is 11.9. The lowest BCUT2D eigenvalue weighted by Crippen LogP contribution is -2.36. The highest BCUT2D eigenvalue weighted by atomic mass is 32.2. The van der Waals surface area contributed by atoms with Crippen LogP contribution in [0.25, 0.3) is 17.4 Å². The number of benzene rings is 2. The van der Waals surface area contributed by atoms with E-state index < -0.39 is 47.7 Å². The van der Waals surface area contributed by atoms with Gasteiger partial charge in [-0.05, 0) is 73.7 Å². The van der Waals surface area contributed by atoms with E-state index in [1.165, 1.54) is 18.2 Å². The van der Waals surface area contributed by atoms with Crippen LogP contribution in [0.15, 0.2) is 69.6 Å². The monoisotopic (exact) mass is 949 g/mol. The highest BCUT2D eigenvalue weighted by Crippen LogP contribution is 2.51. The predicted octanol–water partition coefficient (Wildman–Crippen LogP) is 4.58. The second kappa shape index (κ2) is 25.2. The summed E-state index contributed by atoms with van der Waals surface area (Å²) in [4.78, 5) is 13.0. The summed E-state index contributed by atoms with van der Waals surface area (Å²) < 4.78 is 113. The van der Waals surface area contributed by atoms with Gasteiger partial charge in [-0.2, -0.15) is 0 Å². The Morgan fingerprint density at radius 1 is 0.831 bits per heavy atom. The minimum Gasteiger partial charge on any atom is -0.748 e. The number of nitrogens with zero attached hydrogens (tertiary/aromatic N) is 2. The Bertz CT molecular complexity index is 2310. The Labute approximate surface area is 383 Å². The summed E-state index contributed by atoms with van der Waals surface area (Å²) in [7, 11) is -6.16. The molecule has 0 radical (unpaired) electrons. The van der Waals surface area contributed by atoms with Crippen molar-refractivity contribution in [2.75, 3.05) is 111 Å². The van der Waals surface area contributed by atoms with Crippen molar-refractivity contribution in [3.05, 3.63) is 82.6 Å². The molecule has 1 atom stereocenters. The second-order valence-corrected chi connectivity index (χ2v) is 19.7. The van der Waals surface area contributed by atoms with Crippen molar-refractivity contribution in [2.24, 2.45) is 0 Å². The largest absolute Gasteiger partial charge is 0.748 e. The molecular formula is C46H65N2O15S2-. The summed E-state index contributed by atoms with van der Waals surface area (Å²) in [6.45, 7) is 13.8. The zero-order valence-corrected chi connectivity index (χ0v) is 40.0. The van der Waals surface area contributed by atoms with Gasteiger partial charge in [0, 0.05) is 66.8 Å². The fourth-order valence-electron chi connectivity index (χ4n) is 7.48. The lowest BCUT2D eigenvalue weighted by atomic mass is 9.77. The number of fused-ring (bicyclic) bond motifs is 2. The van der Waals surface area contributed by atoms with Gasteiger partial charge in [0.2, 0.25) is 5.36 Å². The van der Waals surface area contributed by atoms with E-state index in [4.69, 9.17) is 32.8 Å². The molecular weight excluding hydrogens is 885 g/mol. The summed E-state index contributed by atoms with van der Waals surface area (Å²) in [5.74, 6) is -0.291. The average molecular weight is 950 g/mol. The van der Waals surface area contributed by atoms with Crippen LogP contribution in [0.1, 0.15) is 70.3 Å². The van der Waals surface area contributed by atoms with Crippen LogP contribution in [-0.2, 0) is 64.3 Å². The molecule has 2 heterocycles. The van der Waals surface area contributed by atoms with Crippen LogP contribution in [0.4, 0.5) is 5.69 Å². The SMILES string of the molecule is COCCOCCOCC[N+](CCOCCOCCOC)=c1ccc2c(/C=C/C=C3\N(CCCS(=O)(=O)[O-])c4ccc(S(=O)(=O)[O-])cc4C3(C)CCCC(=O)O)cc(C(C)(C)C)oc-2c1. The van der Waals surface area contributed by atoms with E-state index in [-0.39, 0.29) is 32.2 Å². The number of hydrogen-bond acceptors (Lipinski definition) is 15. The Morgan fingerprint density at radius 3 is 1.98 bits per heavy atom. The van der Waals surface area contributed by atoms with E-state index in [1.54, 1.807) is 14.2 Å². The van der Waals surface area contributed by atoms with Gasteiger partial charge in [0.25, 0.3) is 0 Å². The molecule has 0 saturated heterocycles. The molecule has 0 amide bonds. The molecule has 65 heavy (non-hydrogen) atoms. The van der Waals surface area contributed by atoms with Gasteiger partial charge in [-0.25, -0.2) is 21.4 Å². The van der Waals surface area contributed by atoms with Gasteiger partial charge in [-0.3, -0.25) is 4.79 Å². The number of anilines is 1. The van der Waals surface area contributed by atoms with Crippen LogP contribution in [0, 0.1) is 0 Å². The molecule has 1 aromatic carbocycles. The maximum absolute atomic E-state index is 12.2. The molecule has 0 aromatic heterocycles. The number of allylic oxidation sites excluding steroid dienone is 3. The highest BCUT2D eigenvalue weighted by Gasteiger charge is 2.43. The first kappa shape index (κ1) is 53.6. The van der Waals surface area contributed by atoms with Crippen molar-refractivity contribution in [1.82, 2.24) is 4.58 Å². The van der Waals surface area contributed by atoms with Crippen LogP contribution >= 0.6 is 0 Å². The average Bonchev–Trinajstić information content (AvgIpc) is 3.46. The number of aliphatic carboxylic acids is 1. The van der Waals surface area contributed by atoms with E-state index >= 15 is 0 Å². The molecule has 1 unspecified atom stereocenters. The van der Waals surface area contributed by atoms with Crippen LogP contribution < -0.4 is 14.8 Å². The summed E-state index contributed by atoms with van der Waals surface area (Å²) in [5.41, 5.74) is 1.86. The summed E-state index contributed by atoms with van der Waals surface area (Å²) >= 11 is 0. The number of carbonyl (C=O) groups is 1. The van der Waals surface area contributed by atoms with Crippen LogP contribution in [0.2, 0.25) is 0 Å². The molecule has 0 bridgehead atoms. The zero-order chi connectivity index (χ0) is 47.7. The molecule has 4 rings (SSSR count). The fourth-order valence-corrected chi connectivity index (χ4v) is 8.46. The van der Waals surface area contributed by atoms with E-state index in [1.807, 2.05) is 75.1 Å². The molecule has 362 valence electrons. The Kier molecular flexibility index (Phi) is 20.8. The smallest absolute Gasteiger partial charge is 0.303 e. The van der Waals surface area contributed by atoms with Gasteiger partial charge >= 0.3 is 5.97 Å². The van der Waals surface area contributed by atoms with Gasteiger partial charge in [-0.1, -0.05) is 32.9 Å². The molecule has 1 N–H and O–H groups in total. The van der Waals surface area contributed by atoms with E-state index in [9.17, 15) is 35.8 Å². The molecule has 3 aliphatic rings.